The molecule has 1 fully saturated rings. The number of hydrogen-bond acceptors (Lipinski definition) is 1. The standard InChI is InChI=1S/C16H35NSi2/c1-13(14(2)18)12-17-16(10-8-9-11-16)19(6,7)15(3,4)5/h17H,8-12H2,1-7,18H3. The van der Waals surface area contributed by atoms with Crippen LogP contribution in [-0.2, 0) is 0 Å². The molecule has 0 unspecified atom stereocenters. The van der Waals surface area contributed by atoms with Crippen molar-refractivity contribution in [1.82, 2.24) is 5.32 Å². The van der Waals surface area contributed by atoms with Crippen LogP contribution in [0.1, 0.15) is 60.3 Å². The Labute approximate surface area is 125 Å². The Bertz CT molecular complexity index is 340. The van der Waals surface area contributed by atoms with Gasteiger partial charge < -0.3 is 5.32 Å². The van der Waals surface area contributed by atoms with Crippen LogP contribution in [0.5, 0.6) is 0 Å². The van der Waals surface area contributed by atoms with Gasteiger partial charge in [-0.2, -0.15) is 0 Å². The maximum Gasteiger partial charge on any atom is 0.0757 e. The van der Waals surface area contributed by atoms with E-state index in [1.54, 1.807) is 10.8 Å². The van der Waals surface area contributed by atoms with Crippen LogP contribution < -0.4 is 5.32 Å². The molecule has 19 heavy (non-hydrogen) atoms. The topological polar surface area (TPSA) is 12.0 Å². The van der Waals surface area contributed by atoms with Crippen LogP contribution in [-0.4, -0.2) is 30.0 Å². The zero-order valence-corrected chi connectivity index (χ0v) is 17.5. The second-order valence-electron chi connectivity index (χ2n) is 8.30. The maximum atomic E-state index is 4.05. The molecular formula is C16H35NSi2. The maximum absolute atomic E-state index is 4.05. The average molecular weight is 298 g/mol. The summed E-state index contributed by atoms with van der Waals surface area (Å²) in [7, 11) is -0.142. The molecule has 0 aliphatic heterocycles. The zero-order valence-electron chi connectivity index (χ0n) is 14.5. The van der Waals surface area contributed by atoms with Gasteiger partial charge in [-0.3, -0.25) is 0 Å². The van der Waals surface area contributed by atoms with E-state index in [4.69, 9.17) is 0 Å². The van der Waals surface area contributed by atoms with Gasteiger partial charge in [-0.05, 0) is 31.7 Å². The summed E-state index contributed by atoms with van der Waals surface area (Å²) >= 11 is 0. The van der Waals surface area contributed by atoms with E-state index in [0.29, 0.717) is 10.2 Å². The van der Waals surface area contributed by atoms with Crippen molar-refractivity contribution in [1.29, 1.82) is 0 Å². The summed E-state index contributed by atoms with van der Waals surface area (Å²) < 4.78 is 0. The number of nitrogens with one attached hydrogen (secondary N) is 1. The molecule has 0 aromatic heterocycles. The van der Waals surface area contributed by atoms with Crippen LogP contribution >= 0.6 is 0 Å². The molecule has 0 atom stereocenters. The highest BCUT2D eigenvalue weighted by Gasteiger charge is 2.53. The minimum absolute atomic E-state index is 0.462. The number of rotatable bonds is 4. The van der Waals surface area contributed by atoms with Crippen molar-refractivity contribution in [3.05, 3.63) is 10.8 Å². The van der Waals surface area contributed by atoms with E-state index >= 15 is 0 Å². The van der Waals surface area contributed by atoms with Crippen molar-refractivity contribution < 1.29 is 0 Å². The summed E-state index contributed by atoms with van der Waals surface area (Å²) in [6.07, 6.45) is 5.64. The second kappa shape index (κ2) is 5.86. The molecule has 0 radical (unpaired) electrons. The molecule has 0 bridgehead atoms. The lowest BCUT2D eigenvalue weighted by Crippen LogP contribution is -2.66. The van der Waals surface area contributed by atoms with Crippen LogP contribution in [0.15, 0.2) is 10.8 Å². The first-order valence-electron chi connectivity index (χ1n) is 7.91. The predicted molar refractivity (Wildman–Crippen MR) is 94.7 cm³/mol. The number of hydrogen-bond donors (Lipinski definition) is 1. The molecule has 0 aromatic carbocycles. The molecule has 1 rings (SSSR count). The molecule has 0 amide bonds. The van der Waals surface area contributed by atoms with Gasteiger partial charge in [0.2, 0.25) is 0 Å². The fourth-order valence-corrected chi connectivity index (χ4v) is 6.94. The predicted octanol–water partition coefficient (Wildman–Crippen LogP) is 3.60. The van der Waals surface area contributed by atoms with Crippen molar-refractivity contribution in [3.63, 3.8) is 0 Å². The quantitative estimate of drug-likeness (QED) is 0.782. The Morgan fingerprint density at radius 3 is 2.00 bits per heavy atom. The van der Waals surface area contributed by atoms with E-state index in [1.165, 1.54) is 35.9 Å². The molecular weight excluding hydrogens is 262 g/mol. The van der Waals surface area contributed by atoms with Gasteiger partial charge in [-0.25, -0.2) is 0 Å². The average Bonchev–Trinajstić information content (AvgIpc) is 2.74. The first kappa shape index (κ1) is 17.2. The molecule has 0 aromatic rings. The Kier molecular flexibility index (Phi) is 5.30. The summed E-state index contributed by atoms with van der Waals surface area (Å²) in [5.74, 6) is 0. The van der Waals surface area contributed by atoms with E-state index in [9.17, 15) is 0 Å². The van der Waals surface area contributed by atoms with Crippen LogP contribution in [0.2, 0.25) is 18.1 Å². The Balaban J connectivity index is 2.96. The third-order valence-electron chi connectivity index (χ3n) is 6.07. The molecule has 3 heteroatoms. The molecule has 1 N–H and O–H groups in total. The number of allylic oxidation sites excluding steroid dienone is 1. The summed E-state index contributed by atoms with van der Waals surface area (Å²) in [6, 6.07) is 0. The Morgan fingerprint density at radius 2 is 1.63 bits per heavy atom. The van der Waals surface area contributed by atoms with Gasteiger partial charge in [0.15, 0.2) is 0 Å². The SMILES string of the molecule is CC([SiH3])=C(C)CNC1([Si](C)(C)C(C)(C)C)CCCC1. The van der Waals surface area contributed by atoms with Crippen LogP contribution in [0.4, 0.5) is 0 Å². The van der Waals surface area contributed by atoms with Gasteiger partial charge in [-0.1, -0.05) is 57.5 Å². The van der Waals surface area contributed by atoms with E-state index in [1.807, 2.05) is 0 Å². The zero-order chi connectivity index (χ0) is 14.9. The van der Waals surface area contributed by atoms with Crippen molar-refractivity contribution in [2.75, 3.05) is 6.54 Å². The fraction of sp³-hybridized carbons (Fsp3) is 0.875. The molecule has 112 valence electrons. The van der Waals surface area contributed by atoms with Gasteiger partial charge in [0, 0.05) is 21.9 Å². The van der Waals surface area contributed by atoms with E-state index in [-0.39, 0.29) is 0 Å². The minimum atomic E-state index is -1.35. The fourth-order valence-electron chi connectivity index (χ4n) is 3.20. The second-order valence-corrected chi connectivity index (χ2v) is 15.5. The molecule has 0 saturated heterocycles. The minimum Gasteiger partial charge on any atom is -0.310 e. The lowest BCUT2D eigenvalue weighted by Gasteiger charge is -2.51. The summed E-state index contributed by atoms with van der Waals surface area (Å²) in [5, 5.41) is 6.59. The van der Waals surface area contributed by atoms with Gasteiger partial charge in [0.25, 0.3) is 0 Å². The lowest BCUT2D eigenvalue weighted by atomic mass is 10.2. The molecule has 0 spiro atoms. The van der Waals surface area contributed by atoms with Gasteiger partial charge >= 0.3 is 0 Å². The molecule has 1 nitrogen and oxygen atoms in total. The Morgan fingerprint density at radius 1 is 1.16 bits per heavy atom. The van der Waals surface area contributed by atoms with E-state index in [0.717, 1.165) is 6.54 Å². The highest BCUT2D eigenvalue weighted by Crippen LogP contribution is 2.49. The van der Waals surface area contributed by atoms with Crippen LogP contribution in [0, 0.1) is 0 Å². The Hall–Kier alpha value is 0.134. The highest BCUT2D eigenvalue weighted by molar-refractivity contribution is 6.83. The lowest BCUT2D eigenvalue weighted by molar-refractivity contribution is 0.439. The monoisotopic (exact) mass is 297 g/mol. The van der Waals surface area contributed by atoms with E-state index < -0.39 is 8.07 Å². The largest absolute Gasteiger partial charge is 0.310 e. The van der Waals surface area contributed by atoms with Crippen LogP contribution in [0.3, 0.4) is 0 Å². The van der Waals surface area contributed by atoms with Crippen molar-refractivity contribution in [2.45, 2.75) is 83.6 Å². The van der Waals surface area contributed by atoms with Crippen molar-refractivity contribution >= 4 is 18.3 Å². The molecule has 1 aliphatic carbocycles. The normalized spacial score (nSPS) is 21.6. The first-order chi connectivity index (χ1) is 8.53. The first-order valence-corrected chi connectivity index (χ1v) is 11.9. The van der Waals surface area contributed by atoms with Gasteiger partial charge in [0.05, 0.1) is 8.07 Å². The molecule has 1 saturated carbocycles. The summed E-state index contributed by atoms with van der Waals surface area (Å²) in [6.45, 7) is 18.3. The summed E-state index contributed by atoms with van der Waals surface area (Å²) in [4.78, 5) is 0. The molecule has 1 aliphatic rings. The third-order valence-corrected chi connectivity index (χ3v) is 13.7. The molecule has 0 heterocycles. The van der Waals surface area contributed by atoms with Crippen molar-refractivity contribution in [3.8, 4) is 0 Å². The smallest absolute Gasteiger partial charge is 0.0757 e. The van der Waals surface area contributed by atoms with Crippen LogP contribution in [0.25, 0.3) is 0 Å². The third kappa shape index (κ3) is 3.42. The van der Waals surface area contributed by atoms with Crippen molar-refractivity contribution in [2.24, 2.45) is 0 Å². The van der Waals surface area contributed by atoms with Gasteiger partial charge in [0.1, 0.15) is 0 Å². The van der Waals surface area contributed by atoms with E-state index in [2.05, 4.69) is 53.0 Å². The van der Waals surface area contributed by atoms with Gasteiger partial charge in [-0.15, -0.1) is 0 Å². The summed E-state index contributed by atoms with van der Waals surface area (Å²) in [5.41, 5.74) is 1.58. The highest BCUT2D eigenvalue weighted by atomic mass is 28.3.